The number of rotatable bonds is 5. The third-order valence-electron chi connectivity index (χ3n) is 7.10. The highest BCUT2D eigenvalue weighted by Crippen LogP contribution is 2.40. The van der Waals surface area contributed by atoms with Crippen LogP contribution in [0.2, 0.25) is 0 Å². The van der Waals surface area contributed by atoms with Crippen molar-refractivity contribution in [3.8, 4) is 0 Å². The number of carbonyl (C=O) groups excluding carboxylic acids is 1. The molecule has 2 aromatic heterocycles. The summed E-state index contributed by atoms with van der Waals surface area (Å²) in [7, 11) is 0. The fourth-order valence-corrected chi connectivity index (χ4v) is 5.11. The SMILES string of the molecule is C[C@@H](C(=O)Nc1cn2c(n1)CCC2c1cc(F)cc(F)c1)N1CCC(F)(F)C(c2ccc(=O)[nH]c2)C1. The van der Waals surface area contributed by atoms with E-state index in [1.165, 1.54) is 30.5 Å². The molecule has 5 rings (SSSR count). The van der Waals surface area contributed by atoms with Crippen LogP contribution in [-0.4, -0.2) is 50.4 Å². The van der Waals surface area contributed by atoms with E-state index in [4.69, 9.17) is 0 Å². The van der Waals surface area contributed by atoms with E-state index < -0.39 is 41.8 Å². The normalized spacial score (nSPS) is 22.2. The van der Waals surface area contributed by atoms with E-state index in [1.54, 1.807) is 22.6 Å². The number of aromatic nitrogens is 3. The molecule has 4 heterocycles. The Labute approximate surface area is 204 Å². The van der Waals surface area contributed by atoms with Crippen LogP contribution < -0.4 is 10.9 Å². The number of aromatic amines is 1. The maximum Gasteiger partial charge on any atom is 0.257 e. The number of aryl methyl sites for hydroxylation is 1. The molecular weight excluding hydrogens is 478 g/mol. The molecule has 1 amide bonds. The smallest absolute Gasteiger partial charge is 0.257 e. The van der Waals surface area contributed by atoms with E-state index in [0.29, 0.717) is 35.6 Å². The first-order valence-corrected chi connectivity index (χ1v) is 11.8. The van der Waals surface area contributed by atoms with E-state index in [9.17, 15) is 27.2 Å². The maximum atomic E-state index is 14.7. The monoisotopic (exact) mass is 503 g/mol. The van der Waals surface area contributed by atoms with Gasteiger partial charge in [-0.1, -0.05) is 6.07 Å². The molecule has 1 aromatic carbocycles. The summed E-state index contributed by atoms with van der Waals surface area (Å²) in [5, 5.41) is 2.75. The minimum absolute atomic E-state index is 0.0361. The molecule has 2 N–H and O–H groups in total. The summed E-state index contributed by atoms with van der Waals surface area (Å²) >= 11 is 0. The van der Waals surface area contributed by atoms with Crippen molar-refractivity contribution in [3.05, 3.63) is 81.7 Å². The number of nitrogens with zero attached hydrogens (tertiary/aromatic N) is 3. The Morgan fingerprint density at radius 2 is 1.94 bits per heavy atom. The molecule has 36 heavy (non-hydrogen) atoms. The summed E-state index contributed by atoms with van der Waals surface area (Å²) in [6.45, 7) is 1.62. The summed E-state index contributed by atoms with van der Waals surface area (Å²) in [5.41, 5.74) is 0.416. The number of carbonyl (C=O) groups is 1. The van der Waals surface area contributed by atoms with E-state index in [2.05, 4.69) is 15.3 Å². The summed E-state index contributed by atoms with van der Waals surface area (Å²) in [5.74, 6) is -4.87. The molecule has 190 valence electrons. The second-order valence-electron chi connectivity index (χ2n) is 9.42. The Morgan fingerprint density at radius 3 is 2.64 bits per heavy atom. The Morgan fingerprint density at radius 1 is 1.19 bits per heavy atom. The van der Waals surface area contributed by atoms with Gasteiger partial charge in [0.2, 0.25) is 11.5 Å². The highest BCUT2D eigenvalue weighted by molar-refractivity contribution is 5.93. The van der Waals surface area contributed by atoms with Crippen molar-refractivity contribution in [1.82, 2.24) is 19.4 Å². The van der Waals surface area contributed by atoms with Crippen molar-refractivity contribution < 1.29 is 22.4 Å². The summed E-state index contributed by atoms with van der Waals surface area (Å²) in [4.78, 5) is 32.9. The zero-order valence-corrected chi connectivity index (χ0v) is 19.5. The number of nitrogens with one attached hydrogen (secondary N) is 2. The molecule has 2 aliphatic rings. The molecule has 2 unspecified atom stereocenters. The number of likely N-dealkylation sites (tertiary alicyclic amines) is 1. The van der Waals surface area contributed by atoms with Crippen LogP contribution >= 0.6 is 0 Å². The summed E-state index contributed by atoms with van der Waals surface area (Å²) < 4.78 is 58.6. The van der Waals surface area contributed by atoms with Crippen LogP contribution in [0.5, 0.6) is 0 Å². The second kappa shape index (κ2) is 9.20. The number of alkyl halides is 2. The quantitative estimate of drug-likeness (QED) is 0.519. The minimum Gasteiger partial charge on any atom is -0.329 e. The number of hydrogen-bond donors (Lipinski definition) is 2. The molecule has 11 heteroatoms. The first kappa shape index (κ1) is 24.2. The predicted molar refractivity (Wildman–Crippen MR) is 124 cm³/mol. The van der Waals surface area contributed by atoms with E-state index in [0.717, 1.165) is 6.07 Å². The third-order valence-corrected chi connectivity index (χ3v) is 7.10. The number of fused-ring (bicyclic) bond motifs is 1. The van der Waals surface area contributed by atoms with E-state index >= 15 is 0 Å². The lowest BCUT2D eigenvalue weighted by molar-refractivity contribution is -0.125. The number of piperidine rings is 1. The van der Waals surface area contributed by atoms with Crippen molar-refractivity contribution >= 4 is 11.7 Å². The highest BCUT2D eigenvalue weighted by Gasteiger charge is 2.46. The standard InChI is InChI=1S/C25H25F4N5O2/c1-14(33-7-6-25(28,29)19(12-33)15-2-5-23(35)30-11-15)24(36)32-21-13-34-20(3-4-22(34)31-21)16-8-17(26)10-18(27)9-16/h2,5,8-11,13-14,19-20H,3-4,6-7,12H2,1H3,(H,30,35)(H,32,36)/t14-,19?,20?/m0/s1. The van der Waals surface area contributed by atoms with Crippen molar-refractivity contribution in [1.29, 1.82) is 0 Å². The number of imidazole rings is 1. The summed E-state index contributed by atoms with van der Waals surface area (Å²) in [6.07, 6.45) is 3.72. The van der Waals surface area contributed by atoms with Gasteiger partial charge in [-0.3, -0.25) is 14.5 Å². The van der Waals surface area contributed by atoms with Crippen molar-refractivity contribution in [2.75, 3.05) is 18.4 Å². The number of benzene rings is 1. The molecule has 0 aliphatic carbocycles. The van der Waals surface area contributed by atoms with Gasteiger partial charge in [0, 0.05) is 50.5 Å². The molecule has 0 spiro atoms. The van der Waals surface area contributed by atoms with Gasteiger partial charge in [-0.2, -0.15) is 0 Å². The van der Waals surface area contributed by atoms with Gasteiger partial charge >= 0.3 is 0 Å². The molecule has 1 fully saturated rings. The third kappa shape index (κ3) is 4.67. The van der Waals surface area contributed by atoms with Gasteiger partial charge < -0.3 is 14.9 Å². The first-order chi connectivity index (χ1) is 17.1. The molecule has 0 bridgehead atoms. The van der Waals surface area contributed by atoms with Gasteiger partial charge in [0.15, 0.2) is 5.82 Å². The van der Waals surface area contributed by atoms with Crippen LogP contribution in [0.25, 0.3) is 0 Å². The van der Waals surface area contributed by atoms with E-state index in [-0.39, 0.29) is 24.7 Å². The second-order valence-corrected chi connectivity index (χ2v) is 9.42. The van der Waals surface area contributed by atoms with Crippen molar-refractivity contribution in [2.24, 2.45) is 0 Å². The van der Waals surface area contributed by atoms with Gasteiger partial charge in [-0.25, -0.2) is 22.5 Å². The zero-order chi connectivity index (χ0) is 25.6. The van der Waals surface area contributed by atoms with Gasteiger partial charge in [-0.05, 0) is 36.6 Å². The topological polar surface area (TPSA) is 83.0 Å². The first-order valence-electron chi connectivity index (χ1n) is 11.8. The molecule has 3 aromatic rings. The van der Waals surface area contributed by atoms with Crippen molar-refractivity contribution in [3.63, 3.8) is 0 Å². The Hall–Kier alpha value is -3.47. The molecule has 1 saturated heterocycles. The van der Waals surface area contributed by atoms with Gasteiger partial charge in [0.1, 0.15) is 17.5 Å². The van der Waals surface area contributed by atoms with Gasteiger partial charge in [0.25, 0.3) is 5.92 Å². The fraction of sp³-hybridized carbons (Fsp3) is 0.400. The van der Waals surface area contributed by atoms with Crippen LogP contribution in [0.3, 0.4) is 0 Å². The Bertz CT molecular complexity index is 1310. The van der Waals surface area contributed by atoms with Gasteiger partial charge in [-0.15, -0.1) is 0 Å². The van der Waals surface area contributed by atoms with Crippen LogP contribution in [0.4, 0.5) is 23.4 Å². The zero-order valence-electron chi connectivity index (χ0n) is 19.5. The molecule has 3 atom stereocenters. The highest BCUT2D eigenvalue weighted by atomic mass is 19.3. The number of anilines is 1. The Kier molecular flexibility index (Phi) is 6.19. The maximum absolute atomic E-state index is 14.7. The Balaban J connectivity index is 1.29. The molecule has 2 aliphatic heterocycles. The number of hydrogen-bond acceptors (Lipinski definition) is 4. The average Bonchev–Trinajstić information content (AvgIpc) is 3.39. The lowest BCUT2D eigenvalue weighted by Gasteiger charge is -2.40. The van der Waals surface area contributed by atoms with Crippen molar-refractivity contribution in [2.45, 2.75) is 50.1 Å². The number of amides is 1. The lowest BCUT2D eigenvalue weighted by Crippen LogP contribution is -2.52. The number of pyridine rings is 1. The van der Waals surface area contributed by atoms with Crippen LogP contribution in [0, 0.1) is 11.6 Å². The molecule has 7 nitrogen and oxygen atoms in total. The fourth-order valence-electron chi connectivity index (χ4n) is 5.11. The minimum atomic E-state index is -2.97. The molecular formula is C25H25F4N5O2. The van der Waals surface area contributed by atoms with Crippen LogP contribution in [-0.2, 0) is 11.2 Å². The largest absolute Gasteiger partial charge is 0.329 e. The molecule has 0 radical (unpaired) electrons. The number of H-pyrrole nitrogens is 1. The predicted octanol–water partition coefficient (Wildman–Crippen LogP) is 3.84. The lowest BCUT2D eigenvalue weighted by atomic mass is 9.87. The average molecular weight is 504 g/mol. The summed E-state index contributed by atoms with van der Waals surface area (Å²) in [6, 6.07) is 4.98. The molecule has 0 saturated carbocycles. The number of halogens is 4. The van der Waals surface area contributed by atoms with Crippen LogP contribution in [0.15, 0.2) is 47.5 Å². The van der Waals surface area contributed by atoms with E-state index in [1.807, 2.05) is 0 Å². The van der Waals surface area contributed by atoms with Gasteiger partial charge in [0.05, 0.1) is 18.0 Å². The van der Waals surface area contributed by atoms with Crippen LogP contribution in [0.1, 0.15) is 48.7 Å².